The molecule has 1 heterocycles. The lowest BCUT2D eigenvalue weighted by Gasteiger charge is -2.13. The van der Waals surface area contributed by atoms with Gasteiger partial charge in [-0.2, -0.15) is 0 Å². The fourth-order valence-corrected chi connectivity index (χ4v) is 3.89. The van der Waals surface area contributed by atoms with Gasteiger partial charge in [0.1, 0.15) is 11.5 Å². The Morgan fingerprint density at radius 2 is 1.18 bits per heavy atom. The molecule has 34 heavy (non-hydrogen) atoms. The van der Waals surface area contributed by atoms with Crippen molar-refractivity contribution in [3.8, 4) is 16.8 Å². The van der Waals surface area contributed by atoms with Crippen LogP contribution < -0.4 is 5.56 Å². The minimum absolute atomic E-state index is 0.252. The van der Waals surface area contributed by atoms with Crippen molar-refractivity contribution in [2.24, 2.45) is 4.99 Å². The molecule has 0 aliphatic rings. The zero-order valence-electron chi connectivity index (χ0n) is 18.3. The molecule has 0 saturated heterocycles. The normalized spacial score (nSPS) is 10.6. The summed E-state index contributed by atoms with van der Waals surface area (Å²) in [6, 6.07) is 37.0. The van der Waals surface area contributed by atoms with Crippen LogP contribution in [0.15, 0.2) is 137 Å². The molecule has 3 nitrogen and oxygen atoms in total. The van der Waals surface area contributed by atoms with Crippen LogP contribution in [0, 0.1) is 5.82 Å². The van der Waals surface area contributed by atoms with Gasteiger partial charge in [0.15, 0.2) is 0 Å². The first-order chi connectivity index (χ1) is 16.7. The molecular formula is C30H21FN2O. The van der Waals surface area contributed by atoms with Crippen molar-refractivity contribution in [1.82, 2.24) is 4.57 Å². The van der Waals surface area contributed by atoms with Crippen molar-refractivity contribution in [3.05, 3.63) is 155 Å². The third-order valence-electron chi connectivity index (χ3n) is 5.57. The Labute approximate surface area is 197 Å². The Bertz CT molecular complexity index is 1450. The van der Waals surface area contributed by atoms with Crippen LogP contribution in [0.3, 0.4) is 0 Å². The highest BCUT2D eigenvalue weighted by atomic mass is 19.1. The molecule has 1 aromatic heterocycles. The van der Waals surface area contributed by atoms with Gasteiger partial charge < -0.3 is 0 Å². The molecule has 0 fully saturated rings. The molecule has 0 bridgehead atoms. The van der Waals surface area contributed by atoms with Crippen molar-refractivity contribution in [2.75, 3.05) is 0 Å². The van der Waals surface area contributed by atoms with Gasteiger partial charge in [0, 0.05) is 28.6 Å². The zero-order valence-corrected chi connectivity index (χ0v) is 18.3. The minimum atomic E-state index is -0.333. The van der Waals surface area contributed by atoms with Gasteiger partial charge in [0.05, 0.1) is 5.71 Å². The summed E-state index contributed by atoms with van der Waals surface area (Å²) in [6.45, 7) is 0. The summed E-state index contributed by atoms with van der Waals surface area (Å²) in [5.74, 6) is -0.333. The Morgan fingerprint density at radius 1 is 0.647 bits per heavy atom. The Hall–Kier alpha value is -4.57. The standard InChI is InChI=1S/C30H21FN2O/c31-25-18-16-22(17-19-25)27-20-21-33(26-14-8-3-9-15-26)30(34)29(27)32-28(23-10-4-1-5-11-23)24-12-6-2-7-13-24/h1-21H. The Kier molecular flexibility index (Phi) is 5.95. The highest BCUT2D eigenvalue weighted by molar-refractivity contribution is 6.14. The van der Waals surface area contributed by atoms with Gasteiger partial charge in [-0.25, -0.2) is 9.38 Å². The molecular weight excluding hydrogens is 423 g/mol. The van der Waals surface area contributed by atoms with Gasteiger partial charge in [0.2, 0.25) is 0 Å². The monoisotopic (exact) mass is 444 g/mol. The molecule has 5 aromatic rings. The SMILES string of the molecule is O=c1c(N=C(c2ccccc2)c2ccccc2)c(-c2ccc(F)cc2)ccn1-c1ccccc1. The fraction of sp³-hybridized carbons (Fsp3) is 0. The molecule has 164 valence electrons. The van der Waals surface area contributed by atoms with Gasteiger partial charge in [-0.3, -0.25) is 9.36 Å². The van der Waals surface area contributed by atoms with Gasteiger partial charge in [-0.15, -0.1) is 0 Å². The maximum Gasteiger partial charge on any atom is 0.281 e. The van der Waals surface area contributed by atoms with Gasteiger partial charge in [-0.1, -0.05) is 91.0 Å². The summed E-state index contributed by atoms with van der Waals surface area (Å²) in [4.78, 5) is 18.8. The zero-order chi connectivity index (χ0) is 23.3. The number of nitrogens with zero attached hydrogens (tertiary/aromatic N) is 2. The highest BCUT2D eigenvalue weighted by Crippen LogP contribution is 2.29. The average Bonchev–Trinajstić information content (AvgIpc) is 2.90. The maximum atomic E-state index is 13.8. The molecule has 4 heteroatoms. The van der Waals surface area contributed by atoms with E-state index in [4.69, 9.17) is 4.99 Å². The van der Waals surface area contributed by atoms with Crippen molar-refractivity contribution < 1.29 is 4.39 Å². The molecule has 0 atom stereocenters. The number of halogens is 1. The Morgan fingerprint density at radius 3 is 1.74 bits per heavy atom. The molecule has 0 aliphatic heterocycles. The van der Waals surface area contributed by atoms with E-state index in [1.807, 2.05) is 97.1 Å². The maximum absolute atomic E-state index is 13.8. The van der Waals surface area contributed by atoms with Crippen LogP contribution in [0.4, 0.5) is 10.1 Å². The summed E-state index contributed by atoms with van der Waals surface area (Å²) in [7, 11) is 0. The van der Waals surface area contributed by atoms with E-state index < -0.39 is 0 Å². The smallest absolute Gasteiger partial charge is 0.281 e. The van der Waals surface area contributed by atoms with E-state index in [1.165, 1.54) is 12.1 Å². The summed E-state index contributed by atoms with van der Waals surface area (Å²) in [6.07, 6.45) is 1.74. The van der Waals surface area contributed by atoms with E-state index >= 15 is 0 Å². The number of para-hydroxylation sites is 1. The molecule has 0 unspecified atom stereocenters. The second-order valence-electron chi connectivity index (χ2n) is 7.79. The first kappa shape index (κ1) is 21.3. The highest BCUT2D eigenvalue weighted by Gasteiger charge is 2.16. The Balaban J connectivity index is 1.80. The van der Waals surface area contributed by atoms with Crippen LogP contribution in [-0.4, -0.2) is 10.3 Å². The van der Waals surface area contributed by atoms with E-state index in [0.717, 1.165) is 22.4 Å². The number of aliphatic imine (C=N–C) groups is 1. The van der Waals surface area contributed by atoms with Crippen molar-refractivity contribution >= 4 is 11.4 Å². The number of hydrogen-bond acceptors (Lipinski definition) is 2. The second-order valence-corrected chi connectivity index (χ2v) is 7.79. The molecule has 5 rings (SSSR count). The third kappa shape index (κ3) is 4.34. The topological polar surface area (TPSA) is 34.4 Å². The largest absolute Gasteiger partial charge is 0.282 e. The fourth-order valence-electron chi connectivity index (χ4n) is 3.89. The first-order valence-electron chi connectivity index (χ1n) is 11.0. The predicted molar refractivity (Wildman–Crippen MR) is 136 cm³/mol. The van der Waals surface area contributed by atoms with Gasteiger partial charge in [-0.05, 0) is 35.9 Å². The lowest BCUT2D eigenvalue weighted by molar-refractivity contribution is 0.628. The van der Waals surface area contributed by atoms with E-state index in [0.29, 0.717) is 17.0 Å². The van der Waals surface area contributed by atoms with Crippen molar-refractivity contribution in [1.29, 1.82) is 0 Å². The summed E-state index contributed by atoms with van der Waals surface area (Å²) >= 11 is 0. The van der Waals surface area contributed by atoms with Crippen LogP contribution in [0.5, 0.6) is 0 Å². The van der Waals surface area contributed by atoms with E-state index in [9.17, 15) is 9.18 Å². The number of rotatable bonds is 5. The first-order valence-corrected chi connectivity index (χ1v) is 11.0. The van der Waals surface area contributed by atoms with E-state index in [-0.39, 0.29) is 11.4 Å². The van der Waals surface area contributed by atoms with Gasteiger partial charge >= 0.3 is 0 Å². The van der Waals surface area contributed by atoms with Crippen LogP contribution in [-0.2, 0) is 0 Å². The molecule has 0 N–H and O–H groups in total. The number of aromatic nitrogens is 1. The van der Waals surface area contributed by atoms with Crippen molar-refractivity contribution in [3.63, 3.8) is 0 Å². The number of pyridine rings is 1. The van der Waals surface area contributed by atoms with Crippen LogP contribution in [0.2, 0.25) is 0 Å². The molecule has 0 aliphatic carbocycles. The molecule has 0 spiro atoms. The van der Waals surface area contributed by atoms with Crippen molar-refractivity contribution in [2.45, 2.75) is 0 Å². The molecule has 0 saturated carbocycles. The quantitative estimate of drug-likeness (QED) is 0.274. The van der Waals surface area contributed by atoms with E-state index in [2.05, 4.69) is 0 Å². The summed E-state index contributed by atoms with van der Waals surface area (Å²) in [5.41, 5.74) is 4.63. The van der Waals surface area contributed by atoms with Gasteiger partial charge in [0.25, 0.3) is 5.56 Å². The van der Waals surface area contributed by atoms with Crippen LogP contribution in [0.25, 0.3) is 16.8 Å². The third-order valence-corrected chi connectivity index (χ3v) is 5.57. The molecule has 0 amide bonds. The number of hydrogen-bond donors (Lipinski definition) is 0. The second kappa shape index (κ2) is 9.51. The van der Waals surface area contributed by atoms with Crippen LogP contribution >= 0.6 is 0 Å². The summed E-state index contributed by atoms with van der Waals surface area (Å²) < 4.78 is 15.2. The number of benzene rings is 4. The minimum Gasteiger partial charge on any atom is -0.282 e. The van der Waals surface area contributed by atoms with Crippen LogP contribution in [0.1, 0.15) is 11.1 Å². The molecule has 0 radical (unpaired) electrons. The lowest BCUT2D eigenvalue weighted by Crippen LogP contribution is -2.18. The predicted octanol–water partition coefficient (Wildman–Crippen LogP) is 6.81. The average molecular weight is 445 g/mol. The summed E-state index contributed by atoms with van der Waals surface area (Å²) in [5, 5.41) is 0. The molecule has 4 aromatic carbocycles. The van der Waals surface area contributed by atoms with E-state index in [1.54, 1.807) is 22.9 Å². The lowest BCUT2D eigenvalue weighted by atomic mass is 10.0.